The second-order valence-electron chi connectivity index (χ2n) is 7.02. The van der Waals surface area contributed by atoms with E-state index in [-0.39, 0.29) is 23.2 Å². The summed E-state index contributed by atoms with van der Waals surface area (Å²) < 4.78 is 39.2. The molecular formula is C19H26F3N3O2. The highest BCUT2D eigenvalue weighted by atomic mass is 19.4. The molecule has 2 atom stereocenters. The number of halogens is 3. The molecular weight excluding hydrogens is 359 g/mol. The Labute approximate surface area is 157 Å². The highest BCUT2D eigenvalue weighted by molar-refractivity contribution is 5.97. The standard InChI is InChI=1S/C19H26F3N3O2/c1-4-12(2)16(24-18(27)25-9-5-6-10-25)17(26)23-14-8-7-13(3)15(11-14)19(20,21)22/h7-8,11-12,16H,4-6,9-10H2,1-3H3,(H,23,26)(H,24,27)/t12?,16-/m0/s1. The highest BCUT2D eigenvalue weighted by Crippen LogP contribution is 2.33. The van der Waals surface area contributed by atoms with E-state index in [9.17, 15) is 22.8 Å². The van der Waals surface area contributed by atoms with Crippen LogP contribution >= 0.6 is 0 Å². The lowest BCUT2D eigenvalue weighted by molar-refractivity contribution is -0.138. The Morgan fingerprint density at radius 1 is 1.22 bits per heavy atom. The van der Waals surface area contributed by atoms with E-state index < -0.39 is 23.7 Å². The quantitative estimate of drug-likeness (QED) is 0.799. The summed E-state index contributed by atoms with van der Waals surface area (Å²) >= 11 is 0. The molecule has 1 aromatic carbocycles. The van der Waals surface area contributed by atoms with E-state index >= 15 is 0 Å². The summed E-state index contributed by atoms with van der Waals surface area (Å²) in [6, 6.07) is 2.53. The maximum absolute atomic E-state index is 13.1. The summed E-state index contributed by atoms with van der Waals surface area (Å²) in [6.45, 7) is 6.37. The number of benzene rings is 1. The van der Waals surface area contributed by atoms with E-state index in [1.807, 2.05) is 13.8 Å². The van der Waals surface area contributed by atoms with Crippen molar-refractivity contribution in [3.05, 3.63) is 29.3 Å². The van der Waals surface area contributed by atoms with E-state index in [4.69, 9.17) is 0 Å². The van der Waals surface area contributed by atoms with Gasteiger partial charge >= 0.3 is 12.2 Å². The molecule has 1 aromatic rings. The van der Waals surface area contributed by atoms with Crippen molar-refractivity contribution in [3.8, 4) is 0 Å². The summed E-state index contributed by atoms with van der Waals surface area (Å²) in [6.07, 6.45) is -2.00. The first-order chi connectivity index (χ1) is 12.6. The summed E-state index contributed by atoms with van der Waals surface area (Å²) in [4.78, 5) is 26.7. The Morgan fingerprint density at radius 3 is 2.41 bits per heavy atom. The Kier molecular flexibility index (Phi) is 6.73. The van der Waals surface area contributed by atoms with Crippen molar-refractivity contribution in [3.63, 3.8) is 0 Å². The highest BCUT2D eigenvalue weighted by Gasteiger charge is 2.33. The minimum absolute atomic E-state index is 0.0571. The number of aryl methyl sites for hydroxylation is 1. The molecule has 8 heteroatoms. The number of carbonyl (C=O) groups excluding carboxylic acids is 2. The molecule has 5 nitrogen and oxygen atoms in total. The van der Waals surface area contributed by atoms with Crippen molar-refractivity contribution >= 4 is 17.6 Å². The summed E-state index contributed by atoms with van der Waals surface area (Å²) in [5.41, 5.74) is -0.649. The lowest BCUT2D eigenvalue weighted by Crippen LogP contribution is -2.51. The minimum Gasteiger partial charge on any atom is -0.326 e. The Hall–Kier alpha value is -2.25. The molecule has 2 N–H and O–H groups in total. The molecule has 1 heterocycles. The number of carbonyl (C=O) groups is 2. The number of nitrogens with zero attached hydrogens (tertiary/aromatic N) is 1. The van der Waals surface area contributed by atoms with E-state index in [2.05, 4.69) is 10.6 Å². The lowest BCUT2D eigenvalue weighted by Gasteiger charge is -2.26. The van der Waals surface area contributed by atoms with Gasteiger partial charge < -0.3 is 15.5 Å². The van der Waals surface area contributed by atoms with Crippen LogP contribution in [0.4, 0.5) is 23.7 Å². The van der Waals surface area contributed by atoms with Crippen molar-refractivity contribution in [2.24, 2.45) is 5.92 Å². The molecule has 1 fully saturated rings. The van der Waals surface area contributed by atoms with Gasteiger partial charge in [-0.05, 0) is 43.4 Å². The third-order valence-electron chi connectivity index (χ3n) is 4.98. The fraction of sp³-hybridized carbons (Fsp3) is 0.579. The molecule has 0 aliphatic carbocycles. The van der Waals surface area contributed by atoms with Gasteiger partial charge in [0.05, 0.1) is 5.56 Å². The zero-order valence-electron chi connectivity index (χ0n) is 15.8. The molecule has 1 aliphatic rings. The predicted octanol–water partition coefficient (Wildman–Crippen LogP) is 4.17. The first-order valence-electron chi connectivity index (χ1n) is 9.17. The number of likely N-dealkylation sites (tertiary alicyclic amines) is 1. The summed E-state index contributed by atoms with van der Waals surface area (Å²) in [7, 11) is 0. The van der Waals surface area contributed by atoms with Crippen LogP contribution in [0.2, 0.25) is 0 Å². The average molecular weight is 385 g/mol. The predicted molar refractivity (Wildman–Crippen MR) is 97.4 cm³/mol. The van der Waals surface area contributed by atoms with Crippen molar-refractivity contribution in [2.75, 3.05) is 18.4 Å². The van der Waals surface area contributed by atoms with Gasteiger partial charge in [-0.3, -0.25) is 4.79 Å². The van der Waals surface area contributed by atoms with E-state index in [0.717, 1.165) is 18.9 Å². The van der Waals surface area contributed by atoms with Crippen molar-refractivity contribution in [1.29, 1.82) is 0 Å². The first kappa shape index (κ1) is 21.1. The molecule has 0 radical (unpaired) electrons. The van der Waals surface area contributed by atoms with E-state index in [1.54, 1.807) is 4.90 Å². The molecule has 2 rings (SSSR count). The minimum atomic E-state index is -4.50. The zero-order chi connectivity index (χ0) is 20.2. The fourth-order valence-electron chi connectivity index (χ4n) is 3.07. The monoisotopic (exact) mass is 385 g/mol. The number of urea groups is 1. The number of nitrogens with one attached hydrogen (secondary N) is 2. The van der Waals surface area contributed by atoms with Crippen LogP contribution in [0.25, 0.3) is 0 Å². The smallest absolute Gasteiger partial charge is 0.326 e. The number of amides is 3. The molecule has 0 bridgehead atoms. The molecule has 0 saturated carbocycles. The number of anilines is 1. The van der Waals surface area contributed by atoms with Crippen LogP contribution in [0, 0.1) is 12.8 Å². The van der Waals surface area contributed by atoms with Gasteiger partial charge in [0.2, 0.25) is 5.91 Å². The van der Waals surface area contributed by atoms with Crippen LogP contribution in [0.5, 0.6) is 0 Å². The first-order valence-corrected chi connectivity index (χ1v) is 9.17. The molecule has 1 aliphatic heterocycles. The van der Waals surface area contributed by atoms with Gasteiger partial charge in [0.1, 0.15) is 6.04 Å². The third-order valence-corrected chi connectivity index (χ3v) is 4.98. The SMILES string of the molecule is CCC(C)[C@H](NC(=O)N1CCCC1)C(=O)Nc1ccc(C)c(C(F)(F)F)c1. The molecule has 3 amide bonds. The number of alkyl halides is 3. The van der Waals surface area contributed by atoms with Gasteiger partial charge in [0, 0.05) is 18.8 Å². The van der Waals surface area contributed by atoms with Crippen molar-refractivity contribution in [2.45, 2.75) is 52.3 Å². The Morgan fingerprint density at radius 2 is 1.85 bits per heavy atom. The van der Waals surface area contributed by atoms with Gasteiger partial charge in [-0.1, -0.05) is 26.3 Å². The fourth-order valence-corrected chi connectivity index (χ4v) is 3.07. The number of rotatable bonds is 5. The third kappa shape index (κ3) is 5.37. The molecule has 0 spiro atoms. The van der Waals surface area contributed by atoms with E-state index in [1.165, 1.54) is 19.1 Å². The second kappa shape index (κ2) is 8.63. The van der Waals surface area contributed by atoms with Crippen molar-refractivity contribution in [1.82, 2.24) is 10.2 Å². The summed E-state index contributed by atoms with van der Waals surface area (Å²) in [5, 5.41) is 5.26. The largest absolute Gasteiger partial charge is 0.416 e. The number of hydrogen-bond acceptors (Lipinski definition) is 2. The van der Waals surface area contributed by atoms with Crippen LogP contribution in [-0.4, -0.2) is 36.0 Å². The lowest BCUT2D eigenvalue weighted by atomic mass is 9.98. The van der Waals surface area contributed by atoms with Crippen LogP contribution in [0.3, 0.4) is 0 Å². The maximum atomic E-state index is 13.1. The Balaban J connectivity index is 2.15. The molecule has 150 valence electrons. The van der Waals surface area contributed by atoms with Crippen LogP contribution in [0.1, 0.15) is 44.2 Å². The summed E-state index contributed by atoms with van der Waals surface area (Å²) in [5.74, 6) is -0.682. The van der Waals surface area contributed by atoms with Gasteiger partial charge in [0.25, 0.3) is 0 Å². The Bertz CT molecular complexity index is 685. The zero-order valence-corrected chi connectivity index (χ0v) is 15.8. The topological polar surface area (TPSA) is 61.4 Å². The van der Waals surface area contributed by atoms with Gasteiger partial charge in [-0.15, -0.1) is 0 Å². The van der Waals surface area contributed by atoms with E-state index in [0.29, 0.717) is 19.5 Å². The molecule has 1 unspecified atom stereocenters. The number of hydrogen-bond donors (Lipinski definition) is 2. The van der Waals surface area contributed by atoms with Crippen LogP contribution < -0.4 is 10.6 Å². The average Bonchev–Trinajstić information content (AvgIpc) is 3.14. The van der Waals surface area contributed by atoms with Crippen molar-refractivity contribution < 1.29 is 22.8 Å². The van der Waals surface area contributed by atoms with Gasteiger partial charge in [-0.25, -0.2) is 4.79 Å². The second-order valence-corrected chi connectivity index (χ2v) is 7.02. The normalized spacial score (nSPS) is 16.7. The molecule has 0 aromatic heterocycles. The van der Waals surface area contributed by atoms with Crippen LogP contribution in [0.15, 0.2) is 18.2 Å². The van der Waals surface area contributed by atoms with Gasteiger partial charge in [0.15, 0.2) is 0 Å². The van der Waals surface area contributed by atoms with Gasteiger partial charge in [-0.2, -0.15) is 13.2 Å². The molecule has 1 saturated heterocycles. The maximum Gasteiger partial charge on any atom is 0.416 e. The molecule has 27 heavy (non-hydrogen) atoms. The van der Waals surface area contributed by atoms with Crippen LogP contribution in [-0.2, 0) is 11.0 Å².